The minimum atomic E-state index is -0.189. The van der Waals surface area contributed by atoms with Gasteiger partial charge in [-0.15, -0.1) is 0 Å². The molecular formula is C30H35ClN8O3. The molecule has 4 aromatic rings. The lowest BCUT2D eigenvalue weighted by Gasteiger charge is -2.12. The third-order valence-corrected chi connectivity index (χ3v) is 6.11. The molecule has 0 aliphatic rings. The van der Waals surface area contributed by atoms with Crippen LogP contribution in [0.3, 0.4) is 0 Å². The maximum atomic E-state index is 12.5. The summed E-state index contributed by atoms with van der Waals surface area (Å²) in [4.78, 5) is 26.1. The summed E-state index contributed by atoms with van der Waals surface area (Å²) in [5.74, 6) is 0.982. The summed E-state index contributed by atoms with van der Waals surface area (Å²) in [6.07, 6.45) is 0. The van der Waals surface area contributed by atoms with Crippen LogP contribution in [-0.4, -0.2) is 60.4 Å². The molecular weight excluding hydrogens is 556 g/mol. The Kier molecular flexibility index (Phi) is 12.3. The molecule has 6 N–H and O–H groups in total. The summed E-state index contributed by atoms with van der Waals surface area (Å²) in [6, 6.07) is 24.6. The van der Waals surface area contributed by atoms with Crippen molar-refractivity contribution in [3.63, 3.8) is 0 Å². The van der Waals surface area contributed by atoms with E-state index in [-0.39, 0.29) is 5.91 Å². The number of aromatic nitrogens is 3. The number of ether oxygens (including phenoxy) is 2. The SMILES string of the molecule is NCCOCCOCCNC(=O)c1ccc(Nc2nc(NCc3ccccc3)nc(NCc3ccc(Cl)cc3)n2)cc1. The Labute approximate surface area is 250 Å². The van der Waals surface area contributed by atoms with E-state index in [1.54, 1.807) is 24.3 Å². The number of hydrogen-bond acceptors (Lipinski definition) is 10. The second-order valence-corrected chi connectivity index (χ2v) is 9.53. The van der Waals surface area contributed by atoms with Gasteiger partial charge in [0.05, 0.1) is 26.4 Å². The molecule has 0 aliphatic carbocycles. The van der Waals surface area contributed by atoms with Gasteiger partial charge in [0.2, 0.25) is 17.8 Å². The van der Waals surface area contributed by atoms with Gasteiger partial charge < -0.3 is 36.5 Å². The van der Waals surface area contributed by atoms with Gasteiger partial charge in [-0.3, -0.25) is 4.79 Å². The third kappa shape index (κ3) is 10.6. The molecule has 0 bridgehead atoms. The Morgan fingerprint density at radius 1 is 0.714 bits per heavy atom. The highest BCUT2D eigenvalue weighted by atomic mass is 35.5. The number of nitrogens with two attached hydrogens (primary N) is 1. The number of rotatable bonds is 17. The predicted molar refractivity (Wildman–Crippen MR) is 165 cm³/mol. The lowest BCUT2D eigenvalue weighted by Crippen LogP contribution is -2.27. The van der Waals surface area contributed by atoms with Crippen LogP contribution in [0.4, 0.5) is 23.5 Å². The van der Waals surface area contributed by atoms with Crippen molar-refractivity contribution in [1.82, 2.24) is 20.3 Å². The molecule has 11 nitrogen and oxygen atoms in total. The summed E-state index contributed by atoms with van der Waals surface area (Å²) in [7, 11) is 0. The van der Waals surface area contributed by atoms with Crippen molar-refractivity contribution >= 4 is 41.0 Å². The zero-order valence-electron chi connectivity index (χ0n) is 23.2. The fourth-order valence-corrected chi connectivity index (χ4v) is 3.85. The molecule has 1 amide bonds. The van der Waals surface area contributed by atoms with Crippen molar-refractivity contribution in [3.8, 4) is 0 Å². The van der Waals surface area contributed by atoms with E-state index in [2.05, 4.69) is 36.2 Å². The van der Waals surface area contributed by atoms with Gasteiger partial charge in [0.25, 0.3) is 5.91 Å². The number of nitrogens with one attached hydrogen (secondary N) is 4. The molecule has 220 valence electrons. The highest BCUT2D eigenvalue weighted by Crippen LogP contribution is 2.18. The van der Waals surface area contributed by atoms with Gasteiger partial charge in [0, 0.05) is 42.5 Å². The van der Waals surface area contributed by atoms with Crippen LogP contribution in [-0.2, 0) is 22.6 Å². The minimum absolute atomic E-state index is 0.189. The van der Waals surface area contributed by atoms with Crippen LogP contribution in [0.5, 0.6) is 0 Å². The van der Waals surface area contributed by atoms with Crippen LogP contribution in [0.2, 0.25) is 5.02 Å². The first-order valence-electron chi connectivity index (χ1n) is 13.6. The van der Waals surface area contributed by atoms with Crippen LogP contribution in [0.15, 0.2) is 78.9 Å². The molecule has 0 radical (unpaired) electrons. The van der Waals surface area contributed by atoms with Gasteiger partial charge in [-0.1, -0.05) is 54.1 Å². The Morgan fingerprint density at radius 2 is 1.31 bits per heavy atom. The maximum Gasteiger partial charge on any atom is 0.251 e. The number of anilines is 4. The smallest absolute Gasteiger partial charge is 0.251 e. The van der Waals surface area contributed by atoms with Crippen molar-refractivity contribution in [2.45, 2.75) is 13.1 Å². The van der Waals surface area contributed by atoms with Crippen molar-refractivity contribution in [1.29, 1.82) is 0 Å². The predicted octanol–water partition coefficient (Wildman–Crippen LogP) is 4.21. The van der Waals surface area contributed by atoms with E-state index in [1.165, 1.54) is 0 Å². The topological polar surface area (TPSA) is 148 Å². The normalized spacial score (nSPS) is 10.7. The molecule has 0 spiro atoms. The van der Waals surface area contributed by atoms with E-state index < -0.39 is 0 Å². The molecule has 0 saturated heterocycles. The summed E-state index contributed by atoms with van der Waals surface area (Å²) in [5, 5.41) is 13.2. The average Bonchev–Trinajstić information content (AvgIpc) is 3.02. The van der Waals surface area contributed by atoms with E-state index in [0.717, 1.165) is 16.8 Å². The number of carbonyl (C=O) groups is 1. The molecule has 12 heteroatoms. The zero-order chi connectivity index (χ0) is 29.4. The molecule has 0 aliphatic heterocycles. The summed E-state index contributed by atoms with van der Waals surface area (Å²) >= 11 is 6.01. The van der Waals surface area contributed by atoms with E-state index in [0.29, 0.717) is 81.0 Å². The fraction of sp³-hybridized carbons (Fsp3) is 0.267. The van der Waals surface area contributed by atoms with Crippen LogP contribution >= 0.6 is 11.6 Å². The molecule has 1 heterocycles. The summed E-state index contributed by atoms with van der Waals surface area (Å²) in [5.41, 5.74) is 8.74. The Hall–Kier alpha value is -4.29. The van der Waals surface area contributed by atoms with Crippen molar-refractivity contribution in [2.75, 3.05) is 55.5 Å². The molecule has 3 aromatic carbocycles. The molecule has 42 heavy (non-hydrogen) atoms. The highest BCUT2D eigenvalue weighted by molar-refractivity contribution is 6.30. The zero-order valence-corrected chi connectivity index (χ0v) is 23.9. The number of halogens is 1. The number of amides is 1. The van der Waals surface area contributed by atoms with Gasteiger partial charge in [0.1, 0.15) is 0 Å². The molecule has 0 saturated carbocycles. The van der Waals surface area contributed by atoms with Crippen molar-refractivity contribution in [2.24, 2.45) is 5.73 Å². The summed E-state index contributed by atoms with van der Waals surface area (Å²) in [6.45, 7) is 3.77. The number of benzene rings is 3. The molecule has 4 rings (SSSR count). The van der Waals surface area contributed by atoms with Crippen molar-refractivity contribution in [3.05, 3.63) is 101 Å². The Balaban J connectivity index is 1.35. The third-order valence-electron chi connectivity index (χ3n) is 5.86. The largest absolute Gasteiger partial charge is 0.378 e. The lowest BCUT2D eigenvalue weighted by molar-refractivity contribution is 0.0511. The first-order chi connectivity index (χ1) is 20.6. The second-order valence-electron chi connectivity index (χ2n) is 9.10. The maximum absolute atomic E-state index is 12.5. The first-order valence-corrected chi connectivity index (χ1v) is 14.0. The fourth-order valence-electron chi connectivity index (χ4n) is 3.73. The van der Waals surface area contributed by atoms with Gasteiger partial charge in [0.15, 0.2) is 0 Å². The van der Waals surface area contributed by atoms with Crippen LogP contribution < -0.4 is 27.0 Å². The highest BCUT2D eigenvalue weighted by Gasteiger charge is 2.09. The van der Waals surface area contributed by atoms with Crippen LogP contribution in [0, 0.1) is 0 Å². The van der Waals surface area contributed by atoms with Gasteiger partial charge in [-0.2, -0.15) is 15.0 Å². The number of hydrogen-bond donors (Lipinski definition) is 5. The van der Waals surface area contributed by atoms with E-state index in [4.69, 9.17) is 26.8 Å². The van der Waals surface area contributed by atoms with Gasteiger partial charge >= 0.3 is 0 Å². The van der Waals surface area contributed by atoms with E-state index in [9.17, 15) is 4.79 Å². The quantitative estimate of drug-likeness (QED) is 0.113. The minimum Gasteiger partial charge on any atom is -0.378 e. The summed E-state index contributed by atoms with van der Waals surface area (Å²) < 4.78 is 10.7. The lowest BCUT2D eigenvalue weighted by atomic mass is 10.2. The van der Waals surface area contributed by atoms with Crippen molar-refractivity contribution < 1.29 is 14.3 Å². The molecule has 0 unspecified atom stereocenters. The van der Waals surface area contributed by atoms with Gasteiger partial charge in [-0.25, -0.2) is 0 Å². The molecule has 0 fully saturated rings. The monoisotopic (exact) mass is 590 g/mol. The van der Waals surface area contributed by atoms with Gasteiger partial charge in [-0.05, 0) is 47.5 Å². The number of nitrogens with zero attached hydrogens (tertiary/aromatic N) is 3. The standard InChI is InChI=1S/C30H35ClN8O3/c31-25-10-6-23(7-11-25)21-35-29-37-28(34-20-22-4-2-1-3-5-22)38-30(39-29)36-26-12-8-24(9-13-26)27(40)33-15-17-42-19-18-41-16-14-32/h1-13H,14-21,32H2,(H,33,40)(H3,34,35,36,37,38,39). The van der Waals surface area contributed by atoms with E-state index >= 15 is 0 Å². The van der Waals surface area contributed by atoms with Crippen LogP contribution in [0.1, 0.15) is 21.5 Å². The second kappa shape index (κ2) is 16.8. The number of carbonyl (C=O) groups excluding carboxylic acids is 1. The molecule has 0 atom stereocenters. The molecule has 1 aromatic heterocycles. The van der Waals surface area contributed by atoms with Crippen LogP contribution in [0.25, 0.3) is 0 Å². The first kappa shape index (κ1) is 30.7. The Bertz CT molecular complexity index is 1380. The van der Waals surface area contributed by atoms with E-state index in [1.807, 2.05) is 54.6 Å². The Morgan fingerprint density at radius 3 is 1.95 bits per heavy atom. The average molecular weight is 591 g/mol.